The van der Waals surface area contributed by atoms with Crippen molar-refractivity contribution in [3.8, 4) is 55.9 Å². The van der Waals surface area contributed by atoms with Crippen molar-refractivity contribution >= 4 is 43.6 Å². The lowest BCUT2D eigenvalue weighted by molar-refractivity contribution is 1.17. The molecule has 57 heavy (non-hydrogen) atoms. The van der Waals surface area contributed by atoms with Crippen molar-refractivity contribution < 1.29 is 0 Å². The van der Waals surface area contributed by atoms with Crippen molar-refractivity contribution in [3.05, 3.63) is 217 Å². The molecular formula is C55H36N2. The van der Waals surface area contributed by atoms with Gasteiger partial charge in [-0.25, -0.2) is 0 Å². The average Bonchev–Trinajstić information content (AvgIpc) is 3.94. The van der Waals surface area contributed by atoms with E-state index in [9.17, 15) is 0 Å². The number of nitrogens with zero attached hydrogens (tertiary/aromatic N) is 2. The topological polar surface area (TPSA) is 9.86 Å². The molecule has 0 fully saturated rings. The molecule has 2 heteroatoms. The summed E-state index contributed by atoms with van der Waals surface area (Å²) < 4.78 is 4.95. The van der Waals surface area contributed by atoms with Crippen LogP contribution in [0.25, 0.3) is 99.5 Å². The first-order valence-electron chi connectivity index (χ1n) is 19.8. The Morgan fingerprint density at radius 1 is 0.298 bits per heavy atom. The van der Waals surface area contributed by atoms with E-state index in [0.29, 0.717) is 0 Å². The highest BCUT2D eigenvalue weighted by Crippen LogP contribution is 2.47. The van der Waals surface area contributed by atoms with Crippen LogP contribution in [0.2, 0.25) is 0 Å². The molecule has 2 heterocycles. The summed E-state index contributed by atoms with van der Waals surface area (Å²) in [7, 11) is 0. The monoisotopic (exact) mass is 724 g/mol. The highest BCUT2D eigenvalue weighted by atomic mass is 15.0. The summed E-state index contributed by atoms with van der Waals surface area (Å²) in [5, 5.41) is 5.09. The van der Waals surface area contributed by atoms with Gasteiger partial charge in [0.2, 0.25) is 0 Å². The molecule has 2 nitrogen and oxygen atoms in total. The molecule has 0 aliphatic heterocycles. The van der Waals surface area contributed by atoms with Crippen LogP contribution in [-0.4, -0.2) is 9.13 Å². The van der Waals surface area contributed by atoms with Crippen LogP contribution in [0.15, 0.2) is 206 Å². The Labute approximate surface area is 331 Å². The minimum absolute atomic E-state index is 0.932. The maximum Gasteiger partial charge on any atom is 0.0548 e. The van der Waals surface area contributed by atoms with Crippen LogP contribution in [0, 0.1) is 0 Å². The van der Waals surface area contributed by atoms with Crippen molar-refractivity contribution in [2.45, 2.75) is 6.42 Å². The molecule has 9 aromatic carbocycles. The third kappa shape index (κ3) is 4.91. The quantitative estimate of drug-likeness (QED) is 0.167. The molecule has 1 aliphatic carbocycles. The number of benzene rings is 9. The largest absolute Gasteiger partial charge is 0.309 e. The van der Waals surface area contributed by atoms with Gasteiger partial charge in [0.25, 0.3) is 0 Å². The number of hydrogen-bond donors (Lipinski definition) is 0. The molecule has 1 aliphatic rings. The summed E-state index contributed by atoms with van der Waals surface area (Å²) in [5.74, 6) is 0. The lowest BCUT2D eigenvalue weighted by Gasteiger charge is -2.16. The molecule has 0 N–H and O–H groups in total. The average molecular weight is 725 g/mol. The second-order valence-corrected chi connectivity index (χ2v) is 15.3. The summed E-state index contributed by atoms with van der Waals surface area (Å²) in [5.41, 5.74) is 20.1. The Hall–Kier alpha value is -7.42. The van der Waals surface area contributed by atoms with Gasteiger partial charge in [-0.15, -0.1) is 0 Å². The molecule has 0 atom stereocenters. The molecule has 0 amide bonds. The Bertz CT molecular complexity index is 3330. The van der Waals surface area contributed by atoms with Crippen molar-refractivity contribution in [3.63, 3.8) is 0 Å². The van der Waals surface area contributed by atoms with E-state index in [1.807, 2.05) is 0 Å². The summed E-state index contributed by atoms with van der Waals surface area (Å²) in [6, 6.07) is 75.8. The Kier molecular flexibility index (Phi) is 7.02. The fraction of sp³-hybridized carbons (Fsp3) is 0.0182. The molecule has 11 aromatic rings. The van der Waals surface area contributed by atoms with E-state index in [-0.39, 0.29) is 0 Å². The lowest BCUT2D eigenvalue weighted by atomic mass is 9.93. The fourth-order valence-electron chi connectivity index (χ4n) is 9.58. The number of aromatic nitrogens is 2. The van der Waals surface area contributed by atoms with Crippen molar-refractivity contribution in [1.29, 1.82) is 0 Å². The van der Waals surface area contributed by atoms with Crippen LogP contribution in [0.5, 0.6) is 0 Å². The van der Waals surface area contributed by atoms with Gasteiger partial charge < -0.3 is 9.13 Å². The number of rotatable bonds is 5. The van der Waals surface area contributed by atoms with Crippen LogP contribution >= 0.6 is 0 Å². The minimum Gasteiger partial charge on any atom is -0.309 e. The second kappa shape index (κ2) is 12.6. The summed E-state index contributed by atoms with van der Waals surface area (Å²) >= 11 is 0. The van der Waals surface area contributed by atoms with Crippen LogP contribution < -0.4 is 0 Å². The zero-order valence-corrected chi connectivity index (χ0v) is 31.2. The Morgan fingerprint density at radius 3 is 1.37 bits per heavy atom. The van der Waals surface area contributed by atoms with E-state index in [2.05, 4.69) is 215 Å². The molecule has 266 valence electrons. The molecule has 0 spiro atoms. The Morgan fingerprint density at radius 2 is 0.754 bits per heavy atom. The first-order chi connectivity index (χ1) is 28.3. The second-order valence-electron chi connectivity index (χ2n) is 15.3. The van der Waals surface area contributed by atoms with Gasteiger partial charge in [0.1, 0.15) is 0 Å². The van der Waals surface area contributed by atoms with Gasteiger partial charge in [-0.3, -0.25) is 0 Å². The smallest absolute Gasteiger partial charge is 0.0548 e. The van der Waals surface area contributed by atoms with E-state index in [1.54, 1.807) is 0 Å². The van der Waals surface area contributed by atoms with E-state index in [4.69, 9.17) is 0 Å². The van der Waals surface area contributed by atoms with Crippen molar-refractivity contribution in [2.75, 3.05) is 0 Å². The standard InChI is InChI=1S/C55H36N2/c1-3-13-36(14-4-1)38-23-25-40(26-24-38)47-34-43(35-49-44-18-8-7-17-41(44)33-48(47)49)57-51-22-12-10-20-46(51)55-53(57)32-31-52-54(55)45-19-9-11-21-50(45)56(52)42-29-27-39(28-30-42)37-15-5-2-6-16-37/h1-32,34-35H,33H2. The zero-order valence-electron chi connectivity index (χ0n) is 31.2. The Balaban J connectivity index is 1.10. The van der Waals surface area contributed by atoms with E-state index >= 15 is 0 Å². The van der Waals surface area contributed by atoms with Gasteiger partial charge in [0, 0.05) is 32.9 Å². The minimum atomic E-state index is 0.932. The lowest BCUT2D eigenvalue weighted by Crippen LogP contribution is -1.98. The molecule has 0 bridgehead atoms. The van der Waals surface area contributed by atoms with Crippen molar-refractivity contribution in [2.24, 2.45) is 0 Å². The number of fused-ring (bicyclic) bond motifs is 10. The highest BCUT2D eigenvalue weighted by Gasteiger charge is 2.25. The van der Waals surface area contributed by atoms with Gasteiger partial charge in [-0.2, -0.15) is 0 Å². The third-order valence-electron chi connectivity index (χ3n) is 12.2. The van der Waals surface area contributed by atoms with Gasteiger partial charge in [-0.1, -0.05) is 158 Å². The fourth-order valence-corrected chi connectivity index (χ4v) is 9.58. The summed E-state index contributed by atoms with van der Waals surface area (Å²) in [6.45, 7) is 0. The van der Waals surface area contributed by atoms with Gasteiger partial charge in [0.05, 0.1) is 22.1 Å². The highest BCUT2D eigenvalue weighted by molar-refractivity contribution is 6.29. The van der Waals surface area contributed by atoms with E-state index < -0.39 is 0 Å². The van der Waals surface area contributed by atoms with Crippen molar-refractivity contribution in [1.82, 2.24) is 9.13 Å². The number of para-hydroxylation sites is 2. The molecule has 0 radical (unpaired) electrons. The molecule has 0 saturated heterocycles. The predicted octanol–water partition coefficient (Wildman–Crippen LogP) is 14.5. The summed E-state index contributed by atoms with van der Waals surface area (Å²) in [6.07, 6.45) is 0.932. The van der Waals surface area contributed by atoms with E-state index in [0.717, 1.165) is 12.1 Å². The van der Waals surface area contributed by atoms with Crippen LogP contribution in [0.3, 0.4) is 0 Å². The molecule has 0 unspecified atom stereocenters. The normalized spacial score (nSPS) is 12.1. The molecular weight excluding hydrogens is 689 g/mol. The molecule has 2 aromatic heterocycles. The molecule has 12 rings (SSSR count). The van der Waals surface area contributed by atoms with Crippen LogP contribution in [-0.2, 0) is 6.42 Å². The number of hydrogen-bond acceptors (Lipinski definition) is 0. The zero-order chi connectivity index (χ0) is 37.5. The van der Waals surface area contributed by atoms with Gasteiger partial charge in [-0.05, 0) is 111 Å². The van der Waals surface area contributed by atoms with Crippen LogP contribution in [0.1, 0.15) is 11.1 Å². The van der Waals surface area contributed by atoms with E-state index in [1.165, 1.54) is 105 Å². The predicted molar refractivity (Wildman–Crippen MR) is 240 cm³/mol. The maximum absolute atomic E-state index is 2.51. The first kappa shape index (κ1) is 31.9. The van der Waals surface area contributed by atoms with Crippen LogP contribution in [0.4, 0.5) is 0 Å². The SMILES string of the molecule is c1ccc(-c2ccc(-c3cc(-n4c5ccccc5c5c6c7ccccc7n(-c7ccc(-c8ccccc8)cc7)c6ccc54)cc4c3Cc3ccccc3-4)cc2)cc1. The van der Waals surface area contributed by atoms with Gasteiger partial charge in [0.15, 0.2) is 0 Å². The third-order valence-corrected chi connectivity index (χ3v) is 12.2. The molecule has 0 saturated carbocycles. The first-order valence-corrected chi connectivity index (χ1v) is 19.8. The van der Waals surface area contributed by atoms with Gasteiger partial charge >= 0.3 is 0 Å². The summed E-state index contributed by atoms with van der Waals surface area (Å²) in [4.78, 5) is 0. The maximum atomic E-state index is 2.51.